The van der Waals surface area contributed by atoms with E-state index in [0.29, 0.717) is 27.5 Å². The van der Waals surface area contributed by atoms with Crippen molar-refractivity contribution in [3.05, 3.63) is 115 Å². The molecule has 222 valence electrons. The molecule has 45 heavy (non-hydrogen) atoms. The summed E-state index contributed by atoms with van der Waals surface area (Å²) in [6.45, 7) is 2.90. The third-order valence-electron chi connectivity index (χ3n) is 7.98. The van der Waals surface area contributed by atoms with Crippen LogP contribution in [0.2, 0.25) is 0 Å². The number of para-hydroxylation sites is 1. The number of hydrogen-bond acceptors (Lipinski definition) is 6. The number of aromatic nitrogens is 1. The molecular weight excluding hydrogens is 588 g/mol. The number of nitrogens with zero attached hydrogens (tertiary/aromatic N) is 3. The van der Waals surface area contributed by atoms with E-state index in [0.717, 1.165) is 28.4 Å². The van der Waals surface area contributed by atoms with E-state index in [2.05, 4.69) is 39.2 Å². The van der Waals surface area contributed by atoms with Crippen LogP contribution in [0.25, 0.3) is 43.4 Å². The van der Waals surface area contributed by atoms with E-state index in [1.165, 1.54) is 12.1 Å². The molecule has 0 fully saturated rings. The molecule has 0 aliphatic carbocycles. The number of rotatable bonds is 6. The molecule has 0 aliphatic rings. The van der Waals surface area contributed by atoms with Gasteiger partial charge in [0, 0.05) is 50.2 Å². The molecule has 3 N–H and O–H groups in total. The molecule has 0 bridgehead atoms. The topological polar surface area (TPSA) is 133 Å². The number of carbonyl (C=O) groups excluding carboxylic acids is 1. The van der Waals surface area contributed by atoms with Gasteiger partial charge in [0.1, 0.15) is 10.6 Å². The van der Waals surface area contributed by atoms with Gasteiger partial charge in [-0.2, -0.15) is 8.42 Å². The highest BCUT2D eigenvalue weighted by atomic mass is 32.2. The number of anilines is 1. The fourth-order valence-electron chi connectivity index (χ4n) is 5.93. The van der Waals surface area contributed by atoms with Crippen molar-refractivity contribution >= 4 is 76.4 Å². The summed E-state index contributed by atoms with van der Waals surface area (Å²) in [6.07, 6.45) is 0. The smallest absolute Gasteiger partial charge is 0.295 e. The lowest BCUT2D eigenvalue weighted by molar-refractivity contribution is 0.102. The third-order valence-corrected chi connectivity index (χ3v) is 8.89. The van der Waals surface area contributed by atoms with E-state index in [9.17, 15) is 22.9 Å². The summed E-state index contributed by atoms with van der Waals surface area (Å²) >= 11 is 0. The molecule has 1 heterocycles. The SMILES string of the molecule is CCn1c2ccccc2c2cc(NC(=O)c3cc4ccccc4c(N=Nc4ccc(S(=O)(=O)O)c5ccccc45)c3O)ccc21. The Bertz CT molecular complexity index is 2470. The molecule has 1 amide bonds. The lowest BCUT2D eigenvalue weighted by Gasteiger charge is -2.12. The van der Waals surface area contributed by atoms with Crippen molar-refractivity contribution in [2.45, 2.75) is 18.4 Å². The van der Waals surface area contributed by atoms with Gasteiger partial charge < -0.3 is 15.0 Å². The molecular formula is C35H26N4O5S. The molecule has 7 rings (SSSR count). The first-order valence-corrected chi connectivity index (χ1v) is 15.7. The number of phenolic OH excluding ortho intramolecular Hbond substituents is 1. The average molecular weight is 615 g/mol. The predicted molar refractivity (Wildman–Crippen MR) is 177 cm³/mol. The highest BCUT2D eigenvalue weighted by Crippen LogP contribution is 2.41. The molecule has 6 aromatic carbocycles. The van der Waals surface area contributed by atoms with Crippen molar-refractivity contribution < 1.29 is 22.9 Å². The summed E-state index contributed by atoms with van der Waals surface area (Å²) in [7, 11) is -4.47. The Morgan fingerprint density at radius 1 is 0.756 bits per heavy atom. The van der Waals surface area contributed by atoms with Gasteiger partial charge in [0.15, 0.2) is 5.75 Å². The summed E-state index contributed by atoms with van der Waals surface area (Å²) in [5, 5.41) is 27.1. The Morgan fingerprint density at radius 2 is 1.42 bits per heavy atom. The van der Waals surface area contributed by atoms with Crippen molar-refractivity contribution in [1.29, 1.82) is 0 Å². The van der Waals surface area contributed by atoms with Crippen LogP contribution in [-0.2, 0) is 16.7 Å². The van der Waals surface area contributed by atoms with Crippen LogP contribution in [0, 0.1) is 0 Å². The van der Waals surface area contributed by atoms with Gasteiger partial charge in [0.05, 0.1) is 11.3 Å². The number of phenols is 1. The van der Waals surface area contributed by atoms with E-state index in [1.54, 1.807) is 42.5 Å². The van der Waals surface area contributed by atoms with Crippen LogP contribution < -0.4 is 5.32 Å². The second-order valence-corrected chi connectivity index (χ2v) is 12.0. The molecule has 10 heteroatoms. The lowest BCUT2D eigenvalue weighted by Crippen LogP contribution is -2.12. The average Bonchev–Trinajstić information content (AvgIpc) is 3.36. The maximum atomic E-state index is 13.6. The van der Waals surface area contributed by atoms with Crippen LogP contribution in [0.1, 0.15) is 17.3 Å². The lowest BCUT2D eigenvalue weighted by atomic mass is 10.0. The van der Waals surface area contributed by atoms with Crippen molar-refractivity contribution in [3.8, 4) is 5.75 Å². The zero-order valence-corrected chi connectivity index (χ0v) is 24.8. The van der Waals surface area contributed by atoms with Crippen LogP contribution in [0.5, 0.6) is 5.75 Å². The first-order chi connectivity index (χ1) is 21.7. The van der Waals surface area contributed by atoms with Crippen LogP contribution >= 0.6 is 0 Å². The minimum absolute atomic E-state index is 0.0188. The zero-order chi connectivity index (χ0) is 31.3. The van der Waals surface area contributed by atoms with Crippen molar-refractivity contribution in [3.63, 3.8) is 0 Å². The van der Waals surface area contributed by atoms with Gasteiger partial charge in [-0.3, -0.25) is 9.35 Å². The maximum absolute atomic E-state index is 13.6. The number of aryl methyl sites for hydroxylation is 1. The Kier molecular flexibility index (Phi) is 6.80. The summed E-state index contributed by atoms with van der Waals surface area (Å²) in [4.78, 5) is 13.4. The number of aromatic hydroxyl groups is 1. The Balaban J connectivity index is 1.30. The summed E-state index contributed by atoms with van der Waals surface area (Å²) in [5.41, 5.74) is 3.17. The monoisotopic (exact) mass is 614 g/mol. The van der Waals surface area contributed by atoms with E-state index in [-0.39, 0.29) is 27.3 Å². The maximum Gasteiger partial charge on any atom is 0.295 e. The Hall–Kier alpha value is -5.58. The standard InChI is InChI=1S/C35H26N4O5S/c1-2-39-30-14-8-7-12-25(30)27-20-22(15-17-31(27)39)36-35(41)28-19-21-9-3-4-10-23(21)33(34(28)40)38-37-29-16-18-32(45(42,43)44)26-13-6-5-11-24(26)29/h3-20,40H,2H2,1H3,(H,36,41)(H,42,43,44). The molecule has 0 unspecified atom stereocenters. The molecule has 0 spiro atoms. The van der Waals surface area contributed by atoms with Crippen LogP contribution in [0.15, 0.2) is 124 Å². The molecule has 9 nitrogen and oxygen atoms in total. The van der Waals surface area contributed by atoms with Crippen LogP contribution in [0.3, 0.4) is 0 Å². The largest absolute Gasteiger partial charge is 0.505 e. The van der Waals surface area contributed by atoms with Gasteiger partial charge in [-0.05, 0) is 54.8 Å². The Morgan fingerprint density at radius 3 is 2.18 bits per heavy atom. The fourth-order valence-corrected chi connectivity index (χ4v) is 6.63. The number of nitrogens with one attached hydrogen (secondary N) is 1. The third kappa shape index (κ3) is 4.86. The van der Waals surface area contributed by atoms with Gasteiger partial charge >= 0.3 is 0 Å². The highest BCUT2D eigenvalue weighted by molar-refractivity contribution is 7.86. The van der Waals surface area contributed by atoms with Gasteiger partial charge in [0.2, 0.25) is 0 Å². The predicted octanol–water partition coefficient (Wildman–Crippen LogP) is 8.74. The molecule has 7 aromatic rings. The van der Waals surface area contributed by atoms with Crippen molar-refractivity contribution in [2.75, 3.05) is 5.32 Å². The van der Waals surface area contributed by atoms with Crippen molar-refractivity contribution in [2.24, 2.45) is 10.2 Å². The van der Waals surface area contributed by atoms with Gasteiger partial charge in [0.25, 0.3) is 16.0 Å². The summed E-state index contributed by atoms with van der Waals surface area (Å²) in [6, 6.07) is 31.9. The quantitative estimate of drug-likeness (QED) is 0.127. The van der Waals surface area contributed by atoms with E-state index in [1.807, 2.05) is 42.5 Å². The molecule has 0 aliphatic heterocycles. The first kappa shape index (κ1) is 28.2. The second-order valence-electron chi connectivity index (χ2n) is 10.6. The van der Waals surface area contributed by atoms with Crippen LogP contribution in [-0.4, -0.2) is 28.6 Å². The normalized spacial score (nSPS) is 12.1. The number of amides is 1. The number of carbonyl (C=O) groups is 1. The van der Waals surface area contributed by atoms with Gasteiger partial charge in [-0.15, -0.1) is 10.2 Å². The molecule has 0 radical (unpaired) electrons. The van der Waals surface area contributed by atoms with E-state index < -0.39 is 16.0 Å². The summed E-state index contributed by atoms with van der Waals surface area (Å²) < 4.78 is 35.8. The minimum Gasteiger partial charge on any atom is -0.505 e. The molecule has 0 saturated heterocycles. The van der Waals surface area contributed by atoms with Gasteiger partial charge in [-0.1, -0.05) is 66.7 Å². The number of hydrogen-bond donors (Lipinski definition) is 3. The summed E-state index contributed by atoms with van der Waals surface area (Å²) in [5.74, 6) is -0.867. The zero-order valence-electron chi connectivity index (χ0n) is 24.0. The minimum atomic E-state index is -4.47. The molecule has 0 atom stereocenters. The number of azo groups is 1. The van der Waals surface area contributed by atoms with Crippen LogP contribution in [0.4, 0.5) is 17.1 Å². The van der Waals surface area contributed by atoms with E-state index >= 15 is 0 Å². The number of fused-ring (bicyclic) bond motifs is 5. The molecule has 0 saturated carbocycles. The van der Waals surface area contributed by atoms with E-state index in [4.69, 9.17) is 0 Å². The first-order valence-electron chi connectivity index (χ1n) is 14.2. The molecule has 1 aromatic heterocycles. The van der Waals surface area contributed by atoms with Gasteiger partial charge in [-0.25, -0.2) is 0 Å². The van der Waals surface area contributed by atoms with Crippen molar-refractivity contribution in [1.82, 2.24) is 4.57 Å². The fraction of sp³-hybridized carbons (Fsp3) is 0.0571. The highest BCUT2D eigenvalue weighted by Gasteiger charge is 2.20. The number of benzene rings is 6. The Labute approximate surface area is 257 Å². The second kappa shape index (κ2) is 10.8.